The molecular formula is C84H164O17P2. The zero-order chi connectivity index (χ0) is 75.6. The minimum atomic E-state index is -4.96. The van der Waals surface area contributed by atoms with Crippen LogP contribution in [-0.4, -0.2) is 96.7 Å². The fraction of sp³-hybridized carbons (Fsp3) is 0.952. The van der Waals surface area contributed by atoms with Gasteiger partial charge >= 0.3 is 39.5 Å². The van der Waals surface area contributed by atoms with E-state index in [0.717, 1.165) is 102 Å². The van der Waals surface area contributed by atoms with Crippen LogP contribution >= 0.6 is 15.6 Å². The van der Waals surface area contributed by atoms with Gasteiger partial charge in [-0.15, -0.1) is 0 Å². The number of phosphoric acid groups is 2. The highest BCUT2D eigenvalue weighted by Crippen LogP contribution is 2.45. The highest BCUT2D eigenvalue weighted by molar-refractivity contribution is 7.47. The van der Waals surface area contributed by atoms with Gasteiger partial charge in [-0.05, 0) is 37.5 Å². The molecule has 0 aromatic carbocycles. The van der Waals surface area contributed by atoms with Gasteiger partial charge in [0.15, 0.2) is 12.2 Å². The van der Waals surface area contributed by atoms with Gasteiger partial charge in [0.05, 0.1) is 26.4 Å². The number of aliphatic hydroxyl groups is 1. The van der Waals surface area contributed by atoms with Crippen molar-refractivity contribution in [1.82, 2.24) is 0 Å². The summed E-state index contributed by atoms with van der Waals surface area (Å²) in [5.74, 6) is -0.584. The summed E-state index contributed by atoms with van der Waals surface area (Å²) >= 11 is 0. The molecule has 0 aliphatic rings. The number of esters is 4. The first-order valence-electron chi connectivity index (χ1n) is 43.5. The number of phosphoric ester groups is 2. The molecule has 612 valence electrons. The van der Waals surface area contributed by atoms with E-state index >= 15 is 0 Å². The molecule has 103 heavy (non-hydrogen) atoms. The van der Waals surface area contributed by atoms with Crippen molar-refractivity contribution in [3.05, 3.63) is 0 Å². The SMILES string of the molecule is CCCCCCCCCCCCCCCCCCCCCCC(=O)O[C@H](COC(=O)CCCCCCCCCCCCCCCCCC)COP(=O)(O)OC[C@@H](O)COP(=O)(O)OC[C@@H](COC(=O)CCCCCCCCCCCC(C)C)OC(=O)CCCCCCCCCCCCCCC(C)C. The Kier molecular flexibility index (Phi) is 74.1. The summed E-state index contributed by atoms with van der Waals surface area (Å²) in [6.45, 7) is 9.65. The van der Waals surface area contributed by atoms with E-state index in [1.807, 2.05) is 0 Å². The molecule has 0 heterocycles. The van der Waals surface area contributed by atoms with Crippen LogP contribution in [0.25, 0.3) is 0 Å². The summed E-state index contributed by atoms with van der Waals surface area (Å²) in [7, 11) is -9.93. The second-order valence-corrected chi connectivity index (χ2v) is 34.1. The van der Waals surface area contributed by atoms with Gasteiger partial charge < -0.3 is 33.8 Å². The quantitative estimate of drug-likeness (QED) is 0.0222. The van der Waals surface area contributed by atoms with Gasteiger partial charge in [0.25, 0.3) is 0 Å². The highest BCUT2D eigenvalue weighted by atomic mass is 31.2. The van der Waals surface area contributed by atoms with E-state index in [1.165, 1.54) is 263 Å². The first-order chi connectivity index (χ1) is 49.9. The standard InChI is InChI=1S/C84H164O17P2/c1-7-9-11-13-15-17-19-21-23-25-26-27-28-30-32-37-43-50-56-62-68-83(88)100-79(72-94-81(86)66-60-54-48-42-36-31-29-24-22-20-18-16-14-12-10-8-2)74-98-102(90,91)96-70-78(85)71-97-103(92,93)99-75-80(73-95-82(87)67-61-55-49-45-39-41-47-53-59-65-77(5)6)101-84(89)69-63-57-51-44-38-34-33-35-40-46-52-58-64-76(3)4/h76-80,85H,7-75H2,1-6H3,(H,90,91)(H,92,93)/t78-,79-,80-/m1/s1. The van der Waals surface area contributed by atoms with Crippen molar-refractivity contribution in [3.8, 4) is 0 Å². The van der Waals surface area contributed by atoms with Crippen molar-refractivity contribution in [1.29, 1.82) is 0 Å². The van der Waals surface area contributed by atoms with Crippen LogP contribution in [0.2, 0.25) is 0 Å². The molecule has 0 aromatic rings. The molecule has 3 N–H and O–H groups in total. The normalized spacial score (nSPS) is 13.9. The number of hydrogen-bond donors (Lipinski definition) is 3. The monoisotopic (exact) mass is 1510 g/mol. The molecule has 17 nitrogen and oxygen atoms in total. The second kappa shape index (κ2) is 75.5. The highest BCUT2D eigenvalue weighted by Gasteiger charge is 2.30. The number of carbonyl (C=O) groups is 4. The average Bonchev–Trinajstić information content (AvgIpc) is 0.912. The molecule has 0 fully saturated rings. The number of carbonyl (C=O) groups excluding carboxylic acids is 4. The van der Waals surface area contributed by atoms with E-state index in [0.29, 0.717) is 25.7 Å². The van der Waals surface area contributed by atoms with E-state index in [9.17, 15) is 43.2 Å². The molecular weight excluding hydrogens is 1340 g/mol. The summed E-state index contributed by atoms with van der Waals surface area (Å²) in [4.78, 5) is 73.2. The van der Waals surface area contributed by atoms with E-state index in [2.05, 4.69) is 41.5 Å². The third kappa shape index (κ3) is 78.0. The van der Waals surface area contributed by atoms with E-state index < -0.39 is 97.5 Å². The number of hydrogen-bond acceptors (Lipinski definition) is 15. The molecule has 0 saturated carbocycles. The predicted molar refractivity (Wildman–Crippen MR) is 423 cm³/mol. The zero-order valence-electron chi connectivity index (χ0n) is 67.6. The summed E-state index contributed by atoms with van der Waals surface area (Å²) in [6, 6.07) is 0. The van der Waals surface area contributed by atoms with Gasteiger partial charge in [0, 0.05) is 25.7 Å². The molecule has 0 radical (unpaired) electrons. The lowest BCUT2D eigenvalue weighted by Crippen LogP contribution is -2.30. The molecule has 0 bridgehead atoms. The number of unbranched alkanes of at least 4 members (excludes halogenated alkanes) is 53. The maximum Gasteiger partial charge on any atom is 0.472 e. The van der Waals surface area contributed by atoms with Gasteiger partial charge in [-0.2, -0.15) is 0 Å². The fourth-order valence-electron chi connectivity index (χ4n) is 13.1. The number of ether oxygens (including phenoxy) is 4. The van der Waals surface area contributed by atoms with Crippen molar-refractivity contribution in [2.24, 2.45) is 11.8 Å². The van der Waals surface area contributed by atoms with Gasteiger partial charge in [0.2, 0.25) is 0 Å². The Labute approximate surface area is 632 Å². The third-order valence-electron chi connectivity index (χ3n) is 19.7. The predicted octanol–water partition coefficient (Wildman–Crippen LogP) is 25.5. The summed E-state index contributed by atoms with van der Waals surface area (Å²) < 4.78 is 68.9. The molecule has 0 rings (SSSR count). The van der Waals surface area contributed by atoms with E-state index in [1.54, 1.807) is 0 Å². The number of rotatable bonds is 83. The molecule has 0 saturated heterocycles. The Morgan fingerprint density at radius 2 is 0.447 bits per heavy atom. The van der Waals surface area contributed by atoms with Crippen molar-refractivity contribution < 1.29 is 80.2 Å². The fourth-order valence-corrected chi connectivity index (χ4v) is 14.6. The lowest BCUT2D eigenvalue weighted by Gasteiger charge is -2.21. The molecule has 0 amide bonds. The van der Waals surface area contributed by atoms with Crippen LogP contribution in [0.3, 0.4) is 0 Å². The number of aliphatic hydroxyl groups excluding tert-OH is 1. The molecule has 0 aliphatic heterocycles. The van der Waals surface area contributed by atoms with E-state index in [-0.39, 0.29) is 25.7 Å². The molecule has 5 atom stereocenters. The van der Waals surface area contributed by atoms with Crippen LogP contribution in [0.5, 0.6) is 0 Å². The Morgan fingerprint density at radius 3 is 0.660 bits per heavy atom. The van der Waals surface area contributed by atoms with Crippen LogP contribution in [-0.2, 0) is 65.4 Å². The van der Waals surface area contributed by atoms with Crippen LogP contribution in [0.1, 0.15) is 446 Å². The van der Waals surface area contributed by atoms with Gasteiger partial charge in [-0.1, -0.05) is 395 Å². The molecule has 0 spiro atoms. The van der Waals surface area contributed by atoms with Gasteiger partial charge in [0.1, 0.15) is 19.3 Å². The van der Waals surface area contributed by atoms with Crippen LogP contribution < -0.4 is 0 Å². The minimum absolute atomic E-state index is 0.107. The van der Waals surface area contributed by atoms with Crippen molar-refractivity contribution in [3.63, 3.8) is 0 Å². The molecule has 19 heteroatoms. The third-order valence-corrected chi connectivity index (χ3v) is 21.6. The van der Waals surface area contributed by atoms with Crippen LogP contribution in [0, 0.1) is 11.8 Å². The molecule has 0 aromatic heterocycles. The first-order valence-corrected chi connectivity index (χ1v) is 46.5. The molecule has 0 aliphatic carbocycles. The molecule has 2 unspecified atom stereocenters. The van der Waals surface area contributed by atoms with E-state index in [4.69, 9.17) is 37.0 Å². The van der Waals surface area contributed by atoms with Gasteiger partial charge in [-0.3, -0.25) is 37.3 Å². The lowest BCUT2D eigenvalue weighted by atomic mass is 10.0. The Bertz CT molecular complexity index is 1980. The first kappa shape index (κ1) is 101. The van der Waals surface area contributed by atoms with Crippen LogP contribution in [0.4, 0.5) is 0 Å². The van der Waals surface area contributed by atoms with Crippen molar-refractivity contribution in [2.45, 2.75) is 464 Å². The Morgan fingerprint density at radius 1 is 0.262 bits per heavy atom. The minimum Gasteiger partial charge on any atom is -0.462 e. The summed E-state index contributed by atoms with van der Waals surface area (Å²) in [5.41, 5.74) is 0. The van der Waals surface area contributed by atoms with Crippen molar-refractivity contribution >= 4 is 39.5 Å². The maximum absolute atomic E-state index is 13.1. The Hall–Kier alpha value is -1.94. The largest absolute Gasteiger partial charge is 0.472 e. The smallest absolute Gasteiger partial charge is 0.462 e. The maximum atomic E-state index is 13.1. The zero-order valence-corrected chi connectivity index (χ0v) is 69.4. The Balaban J connectivity index is 5.25. The van der Waals surface area contributed by atoms with Crippen LogP contribution in [0.15, 0.2) is 0 Å². The lowest BCUT2D eigenvalue weighted by molar-refractivity contribution is -0.161. The summed E-state index contributed by atoms with van der Waals surface area (Å²) in [6.07, 6.45) is 66.6. The average molecular weight is 1510 g/mol. The topological polar surface area (TPSA) is 237 Å². The van der Waals surface area contributed by atoms with Crippen molar-refractivity contribution in [2.75, 3.05) is 39.6 Å². The van der Waals surface area contributed by atoms with Gasteiger partial charge in [-0.25, -0.2) is 9.13 Å². The second-order valence-electron chi connectivity index (χ2n) is 31.2. The summed E-state index contributed by atoms with van der Waals surface area (Å²) in [5, 5.41) is 10.7.